The Balaban J connectivity index is 1.83. The monoisotopic (exact) mass is 460 g/mol. The second-order valence-electron chi connectivity index (χ2n) is 7.17. The predicted octanol–water partition coefficient (Wildman–Crippen LogP) is 4.14. The van der Waals surface area contributed by atoms with E-state index in [2.05, 4.69) is 10.2 Å². The van der Waals surface area contributed by atoms with Gasteiger partial charge in [0.1, 0.15) is 5.82 Å². The fraction of sp³-hybridized carbons (Fsp3) is 0.190. The first kappa shape index (κ1) is 19.6. The number of halogens is 2. The van der Waals surface area contributed by atoms with E-state index >= 15 is 0 Å². The Labute approximate surface area is 184 Å². The minimum Gasteiger partial charge on any atom is -0.353 e. The SMILES string of the molecule is O=S(=O)(c1cccc(Cl)c1)n1ccc2c(N3CCNCC3)nc3ccc(Cl)cc3c21. The highest BCUT2D eigenvalue weighted by atomic mass is 35.5. The minimum atomic E-state index is -3.87. The third-order valence-corrected chi connectivity index (χ3v) is 7.44. The van der Waals surface area contributed by atoms with Crippen molar-refractivity contribution in [3.63, 3.8) is 0 Å². The molecule has 1 N–H and O–H groups in total. The van der Waals surface area contributed by atoms with Crippen LogP contribution in [0, 0.1) is 0 Å². The van der Waals surface area contributed by atoms with Crippen molar-refractivity contribution in [2.75, 3.05) is 31.1 Å². The zero-order valence-electron chi connectivity index (χ0n) is 15.8. The van der Waals surface area contributed by atoms with Crippen LogP contribution in [0.5, 0.6) is 0 Å². The maximum absolute atomic E-state index is 13.5. The van der Waals surface area contributed by atoms with Crippen LogP contribution in [0.2, 0.25) is 10.0 Å². The first-order valence-corrected chi connectivity index (χ1v) is 11.7. The summed E-state index contributed by atoms with van der Waals surface area (Å²) >= 11 is 12.3. The van der Waals surface area contributed by atoms with Crippen molar-refractivity contribution in [2.45, 2.75) is 4.90 Å². The molecule has 0 saturated carbocycles. The van der Waals surface area contributed by atoms with E-state index in [-0.39, 0.29) is 4.90 Å². The van der Waals surface area contributed by atoms with Crippen LogP contribution in [0.4, 0.5) is 5.82 Å². The van der Waals surface area contributed by atoms with Gasteiger partial charge < -0.3 is 10.2 Å². The van der Waals surface area contributed by atoms with Crippen molar-refractivity contribution >= 4 is 60.8 Å². The molecule has 2 aromatic carbocycles. The number of rotatable bonds is 3. The smallest absolute Gasteiger partial charge is 0.268 e. The molecule has 0 spiro atoms. The number of benzene rings is 2. The number of nitrogens with zero attached hydrogens (tertiary/aromatic N) is 3. The van der Waals surface area contributed by atoms with Gasteiger partial charge in [-0.1, -0.05) is 29.3 Å². The summed E-state index contributed by atoms with van der Waals surface area (Å²) in [6.07, 6.45) is 1.58. The lowest BCUT2D eigenvalue weighted by Gasteiger charge is -2.29. The van der Waals surface area contributed by atoms with Crippen molar-refractivity contribution in [3.05, 3.63) is 64.8 Å². The Kier molecular flexibility index (Phi) is 4.86. The Morgan fingerprint density at radius 3 is 2.47 bits per heavy atom. The number of piperazine rings is 1. The molecule has 0 radical (unpaired) electrons. The van der Waals surface area contributed by atoms with E-state index in [0.29, 0.717) is 26.5 Å². The standard InChI is InChI=1S/C21H18Cl2N4O2S/c22-14-2-1-3-16(12-14)30(28,29)27-9-6-17-20(27)18-13-15(23)4-5-19(18)25-21(17)26-10-7-24-8-11-26/h1-6,9,12-13,24H,7-8,10-11H2. The van der Waals surface area contributed by atoms with Gasteiger partial charge in [0.05, 0.1) is 15.9 Å². The van der Waals surface area contributed by atoms with Crippen molar-refractivity contribution in [2.24, 2.45) is 0 Å². The fourth-order valence-electron chi connectivity index (χ4n) is 3.89. The molecule has 9 heteroatoms. The third-order valence-electron chi connectivity index (χ3n) is 5.30. The quantitative estimate of drug-likeness (QED) is 0.497. The summed E-state index contributed by atoms with van der Waals surface area (Å²) in [5.74, 6) is 0.779. The van der Waals surface area contributed by atoms with Gasteiger partial charge >= 0.3 is 0 Å². The molecule has 1 aliphatic heterocycles. The Hall–Kier alpha value is -2.32. The lowest BCUT2D eigenvalue weighted by atomic mass is 10.1. The molecular weight excluding hydrogens is 443 g/mol. The second-order valence-corrected chi connectivity index (χ2v) is 9.86. The molecule has 1 aliphatic rings. The van der Waals surface area contributed by atoms with Gasteiger partial charge in [-0.3, -0.25) is 0 Å². The highest BCUT2D eigenvalue weighted by Crippen LogP contribution is 2.35. The molecule has 0 bridgehead atoms. The predicted molar refractivity (Wildman–Crippen MR) is 121 cm³/mol. The number of aromatic nitrogens is 2. The number of hydrogen-bond donors (Lipinski definition) is 1. The van der Waals surface area contributed by atoms with Crippen LogP contribution in [0.3, 0.4) is 0 Å². The van der Waals surface area contributed by atoms with Crippen molar-refractivity contribution in [1.29, 1.82) is 0 Å². The van der Waals surface area contributed by atoms with Crippen LogP contribution in [-0.4, -0.2) is 43.6 Å². The molecule has 30 heavy (non-hydrogen) atoms. The van der Waals surface area contributed by atoms with Gasteiger partial charge in [0, 0.05) is 53.2 Å². The zero-order valence-corrected chi connectivity index (χ0v) is 18.2. The molecule has 154 valence electrons. The van der Waals surface area contributed by atoms with Gasteiger partial charge in [-0.25, -0.2) is 17.4 Å². The topological polar surface area (TPSA) is 67.2 Å². The lowest BCUT2D eigenvalue weighted by molar-refractivity contribution is 0.586. The molecule has 0 unspecified atom stereocenters. The number of fused-ring (bicyclic) bond motifs is 3. The molecule has 1 fully saturated rings. The van der Waals surface area contributed by atoms with E-state index in [1.165, 1.54) is 10.0 Å². The van der Waals surface area contributed by atoms with Crippen molar-refractivity contribution in [1.82, 2.24) is 14.3 Å². The molecule has 3 heterocycles. The summed E-state index contributed by atoms with van der Waals surface area (Å²) in [7, 11) is -3.87. The molecule has 0 atom stereocenters. The van der Waals surface area contributed by atoms with Crippen LogP contribution in [0.15, 0.2) is 59.6 Å². The third kappa shape index (κ3) is 3.22. The fourth-order valence-corrected chi connectivity index (χ4v) is 5.73. The first-order chi connectivity index (χ1) is 14.4. The minimum absolute atomic E-state index is 0.128. The Morgan fingerprint density at radius 1 is 0.933 bits per heavy atom. The summed E-state index contributed by atoms with van der Waals surface area (Å²) in [5, 5.41) is 5.68. The molecule has 6 nitrogen and oxygen atoms in total. The molecule has 2 aromatic heterocycles. The van der Waals surface area contributed by atoms with Gasteiger partial charge in [-0.05, 0) is 42.5 Å². The number of anilines is 1. The lowest BCUT2D eigenvalue weighted by Crippen LogP contribution is -2.44. The van der Waals surface area contributed by atoms with Crippen molar-refractivity contribution < 1.29 is 8.42 Å². The Bertz CT molecular complexity index is 1380. The maximum atomic E-state index is 13.5. The van der Waals surface area contributed by atoms with E-state index < -0.39 is 10.0 Å². The zero-order chi connectivity index (χ0) is 20.9. The normalized spacial score (nSPS) is 15.2. The summed E-state index contributed by atoms with van der Waals surface area (Å²) in [6, 6.07) is 13.4. The average molecular weight is 461 g/mol. The van der Waals surface area contributed by atoms with E-state index in [9.17, 15) is 8.42 Å². The molecule has 0 amide bonds. The molecule has 4 aromatic rings. The van der Waals surface area contributed by atoms with E-state index in [1.807, 2.05) is 12.1 Å². The van der Waals surface area contributed by atoms with Crippen LogP contribution >= 0.6 is 23.2 Å². The second kappa shape index (κ2) is 7.42. The summed E-state index contributed by atoms with van der Waals surface area (Å²) in [5.41, 5.74) is 1.26. The largest absolute Gasteiger partial charge is 0.353 e. The molecule has 0 aliphatic carbocycles. The van der Waals surface area contributed by atoms with Gasteiger partial charge in [-0.15, -0.1) is 0 Å². The van der Waals surface area contributed by atoms with Gasteiger partial charge in [0.15, 0.2) is 0 Å². The van der Waals surface area contributed by atoms with Gasteiger partial charge in [0.25, 0.3) is 10.0 Å². The number of hydrogen-bond acceptors (Lipinski definition) is 5. The van der Waals surface area contributed by atoms with Crippen LogP contribution in [-0.2, 0) is 10.0 Å². The maximum Gasteiger partial charge on any atom is 0.268 e. The highest BCUT2D eigenvalue weighted by molar-refractivity contribution is 7.90. The van der Waals surface area contributed by atoms with E-state index in [0.717, 1.165) is 37.4 Å². The Morgan fingerprint density at radius 2 is 1.70 bits per heavy atom. The van der Waals surface area contributed by atoms with E-state index in [1.54, 1.807) is 36.5 Å². The van der Waals surface area contributed by atoms with Crippen LogP contribution < -0.4 is 10.2 Å². The van der Waals surface area contributed by atoms with Crippen LogP contribution in [0.1, 0.15) is 0 Å². The molecule has 1 saturated heterocycles. The molecular formula is C21H18Cl2N4O2S. The molecule has 5 rings (SSSR count). The highest BCUT2D eigenvalue weighted by Gasteiger charge is 2.24. The average Bonchev–Trinajstić information content (AvgIpc) is 3.20. The summed E-state index contributed by atoms with van der Waals surface area (Å²) < 4.78 is 28.3. The van der Waals surface area contributed by atoms with Crippen molar-refractivity contribution in [3.8, 4) is 0 Å². The first-order valence-electron chi connectivity index (χ1n) is 9.52. The summed E-state index contributed by atoms with van der Waals surface area (Å²) in [6.45, 7) is 3.30. The number of pyridine rings is 1. The van der Waals surface area contributed by atoms with Gasteiger partial charge in [-0.2, -0.15) is 0 Å². The summed E-state index contributed by atoms with van der Waals surface area (Å²) in [4.78, 5) is 7.17. The van der Waals surface area contributed by atoms with Gasteiger partial charge in [0.2, 0.25) is 0 Å². The van der Waals surface area contributed by atoms with E-state index in [4.69, 9.17) is 28.2 Å². The number of nitrogens with one attached hydrogen (secondary N) is 1. The van der Waals surface area contributed by atoms with Crippen LogP contribution in [0.25, 0.3) is 21.8 Å².